The van der Waals surface area contributed by atoms with Crippen molar-refractivity contribution in [1.29, 1.82) is 0 Å². The van der Waals surface area contributed by atoms with Gasteiger partial charge in [0.2, 0.25) is 0 Å². The molecule has 27 heavy (non-hydrogen) atoms. The van der Waals surface area contributed by atoms with E-state index in [0.717, 1.165) is 23.9 Å². The molecule has 0 N–H and O–H groups in total. The average Bonchev–Trinajstić information content (AvgIpc) is 3.09. The van der Waals surface area contributed by atoms with Crippen LogP contribution in [0.3, 0.4) is 0 Å². The Morgan fingerprint density at radius 2 is 1.70 bits per heavy atom. The molecule has 3 aromatic rings. The topological polar surface area (TPSA) is 7.12 Å². The minimum Gasteiger partial charge on any atom is -0.252 e. The van der Waals surface area contributed by atoms with Crippen LogP contribution in [0.1, 0.15) is 26.2 Å². The molecule has 2 aromatic carbocycles. The van der Waals surface area contributed by atoms with E-state index in [1.54, 1.807) is 0 Å². The van der Waals surface area contributed by atoms with Crippen molar-refractivity contribution >= 4 is 39.8 Å². The van der Waals surface area contributed by atoms with E-state index in [-0.39, 0.29) is 0 Å². The Morgan fingerprint density at radius 3 is 2.37 bits per heavy atom. The van der Waals surface area contributed by atoms with Gasteiger partial charge in [0.25, 0.3) is 0 Å². The zero-order valence-electron chi connectivity index (χ0n) is 15.5. The number of piperidine rings is 1. The summed E-state index contributed by atoms with van der Waals surface area (Å²) in [6.45, 7) is 4.51. The third-order valence-electron chi connectivity index (χ3n) is 4.81. The molecule has 0 bridgehead atoms. The zero-order chi connectivity index (χ0) is 18.6. The number of thioether (sulfide) groups is 1. The lowest BCUT2D eigenvalue weighted by Gasteiger charge is -2.21. The normalized spacial score (nSPS) is 14.5. The average molecular weight is 416 g/mol. The van der Waals surface area contributed by atoms with E-state index in [4.69, 9.17) is 11.6 Å². The molecule has 140 valence electrons. The van der Waals surface area contributed by atoms with Gasteiger partial charge in [-0.1, -0.05) is 60.6 Å². The Morgan fingerprint density at radius 1 is 1.00 bits per heavy atom. The number of hydrogen-bond donors (Lipinski definition) is 0. The molecule has 5 heteroatoms. The van der Waals surface area contributed by atoms with Crippen LogP contribution >= 0.6 is 34.7 Å². The summed E-state index contributed by atoms with van der Waals surface area (Å²) in [5, 5.41) is 3.46. The molecule has 0 aliphatic carbocycles. The summed E-state index contributed by atoms with van der Waals surface area (Å²) in [6, 6.07) is 19.0. The minimum atomic E-state index is 0.784. The number of nitrogens with zero attached hydrogens (tertiary/aromatic N) is 2. The van der Waals surface area contributed by atoms with Crippen LogP contribution in [0.15, 0.2) is 59.6 Å². The number of aromatic nitrogens is 1. The number of para-hydroxylation sites is 1. The van der Waals surface area contributed by atoms with Gasteiger partial charge in [0.15, 0.2) is 5.03 Å². The van der Waals surface area contributed by atoms with Crippen LogP contribution in [-0.4, -0.2) is 18.8 Å². The van der Waals surface area contributed by atoms with Gasteiger partial charge >= 0.3 is 5.13 Å². The third-order valence-corrected chi connectivity index (χ3v) is 7.40. The van der Waals surface area contributed by atoms with Crippen molar-refractivity contribution in [2.75, 3.05) is 23.7 Å². The first-order chi connectivity index (χ1) is 13.3. The summed E-state index contributed by atoms with van der Waals surface area (Å²) < 4.78 is 2.47. The predicted octanol–water partition coefficient (Wildman–Crippen LogP) is 6.45. The molecule has 1 saturated heterocycles. The van der Waals surface area contributed by atoms with E-state index in [2.05, 4.69) is 58.9 Å². The van der Waals surface area contributed by atoms with Crippen LogP contribution < -0.4 is 9.47 Å². The van der Waals surface area contributed by atoms with Gasteiger partial charge in [-0.2, -0.15) is 4.57 Å². The van der Waals surface area contributed by atoms with Crippen molar-refractivity contribution in [3.63, 3.8) is 0 Å². The molecule has 4 rings (SSSR count). The molecule has 0 atom stereocenters. The number of benzene rings is 2. The van der Waals surface area contributed by atoms with Crippen molar-refractivity contribution < 1.29 is 4.57 Å². The molecule has 0 unspecified atom stereocenters. The monoisotopic (exact) mass is 415 g/mol. The highest BCUT2D eigenvalue weighted by atomic mass is 35.5. The number of thiazole rings is 1. The molecule has 0 spiro atoms. The van der Waals surface area contributed by atoms with Crippen LogP contribution in [0.2, 0.25) is 5.02 Å². The summed E-state index contributed by atoms with van der Waals surface area (Å²) in [6.07, 6.45) is 3.90. The highest BCUT2D eigenvalue weighted by molar-refractivity contribution is 7.99. The smallest absolute Gasteiger partial charge is 0.252 e. The zero-order valence-corrected chi connectivity index (χ0v) is 17.9. The fourth-order valence-electron chi connectivity index (χ4n) is 3.52. The molecule has 2 nitrogen and oxygen atoms in total. The standard InChI is InChI=1S/C22H24ClN2S2/c1-2-26-21-20(17-11-13-18(23)14-12-17)27-22(24-15-7-4-8-16-24)25(21)19-9-5-3-6-10-19/h3,5-6,9-14H,2,4,7-8,15-16H2,1H3/q+1. The van der Waals surface area contributed by atoms with E-state index < -0.39 is 0 Å². The Labute approximate surface area is 174 Å². The van der Waals surface area contributed by atoms with Crippen LogP contribution in [0.5, 0.6) is 0 Å². The SMILES string of the molecule is CCSc1c(-c2ccc(Cl)cc2)sc(N2CCCCC2)[n+]1-c1ccccc1. The Balaban J connectivity index is 1.91. The van der Waals surface area contributed by atoms with Crippen molar-refractivity contribution in [2.24, 2.45) is 0 Å². The lowest BCUT2D eigenvalue weighted by atomic mass is 10.1. The second kappa shape index (κ2) is 8.68. The molecule has 1 aliphatic rings. The molecular formula is C22H24ClN2S2+. The van der Waals surface area contributed by atoms with Crippen LogP contribution in [-0.2, 0) is 0 Å². The van der Waals surface area contributed by atoms with Crippen LogP contribution in [0.4, 0.5) is 5.13 Å². The van der Waals surface area contributed by atoms with Gasteiger partial charge in [0.05, 0.1) is 18.0 Å². The maximum Gasteiger partial charge on any atom is 0.342 e. The number of rotatable bonds is 5. The molecule has 2 heterocycles. The molecule has 1 fully saturated rings. The Hall–Kier alpha value is -1.49. The molecule has 1 aliphatic heterocycles. The second-order valence-corrected chi connectivity index (χ2v) is 9.34. The fraction of sp³-hybridized carbons (Fsp3) is 0.318. The summed E-state index contributed by atoms with van der Waals surface area (Å²) in [4.78, 5) is 3.91. The Kier molecular flexibility index (Phi) is 6.06. The third kappa shape index (κ3) is 4.03. The van der Waals surface area contributed by atoms with E-state index in [1.807, 2.05) is 35.2 Å². The highest BCUT2D eigenvalue weighted by Gasteiger charge is 2.31. The molecule has 1 aromatic heterocycles. The molecule has 0 saturated carbocycles. The van der Waals surface area contributed by atoms with Gasteiger partial charge in [0.1, 0.15) is 5.69 Å². The first-order valence-corrected chi connectivity index (χ1v) is 11.7. The quantitative estimate of drug-likeness (QED) is 0.349. The van der Waals surface area contributed by atoms with Gasteiger partial charge < -0.3 is 0 Å². The van der Waals surface area contributed by atoms with Gasteiger partial charge in [-0.25, -0.2) is 0 Å². The van der Waals surface area contributed by atoms with Crippen LogP contribution in [0, 0.1) is 0 Å². The summed E-state index contributed by atoms with van der Waals surface area (Å²) in [5.74, 6) is 1.05. The summed E-state index contributed by atoms with van der Waals surface area (Å²) >= 11 is 9.97. The van der Waals surface area contributed by atoms with Gasteiger partial charge in [-0.15, -0.1) is 0 Å². The van der Waals surface area contributed by atoms with Crippen molar-refractivity contribution in [2.45, 2.75) is 31.2 Å². The molecule has 0 radical (unpaired) electrons. The largest absolute Gasteiger partial charge is 0.342 e. The Bertz CT molecular complexity index is 885. The first kappa shape index (κ1) is 18.9. The molecular weight excluding hydrogens is 392 g/mol. The lowest BCUT2D eigenvalue weighted by molar-refractivity contribution is -0.617. The summed E-state index contributed by atoms with van der Waals surface area (Å²) in [5.41, 5.74) is 2.48. The predicted molar refractivity (Wildman–Crippen MR) is 119 cm³/mol. The molecule has 0 amide bonds. The number of halogens is 1. The number of anilines is 1. The van der Waals surface area contributed by atoms with Gasteiger partial charge in [0, 0.05) is 5.02 Å². The summed E-state index contributed by atoms with van der Waals surface area (Å²) in [7, 11) is 0. The van der Waals surface area contributed by atoms with E-state index in [9.17, 15) is 0 Å². The maximum atomic E-state index is 6.14. The number of hydrogen-bond acceptors (Lipinski definition) is 3. The first-order valence-electron chi connectivity index (χ1n) is 9.56. The van der Waals surface area contributed by atoms with Gasteiger partial charge in [-0.05, 0) is 66.2 Å². The lowest BCUT2D eigenvalue weighted by Crippen LogP contribution is -2.41. The van der Waals surface area contributed by atoms with E-state index >= 15 is 0 Å². The van der Waals surface area contributed by atoms with Crippen molar-refractivity contribution in [1.82, 2.24) is 0 Å². The highest BCUT2D eigenvalue weighted by Crippen LogP contribution is 2.40. The van der Waals surface area contributed by atoms with Crippen molar-refractivity contribution in [3.05, 3.63) is 59.6 Å². The minimum absolute atomic E-state index is 0.784. The van der Waals surface area contributed by atoms with E-state index in [0.29, 0.717) is 0 Å². The van der Waals surface area contributed by atoms with Crippen LogP contribution in [0.25, 0.3) is 16.1 Å². The maximum absolute atomic E-state index is 6.14. The van der Waals surface area contributed by atoms with E-state index in [1.165, 1.54) is 45.5 Å². The fourth-order valence-corrected chi connectivity index (χ4v) is 6.06. The second-order valence-electron chi connectivity index (χ2n) is 6.68. The van der Waals surface area contributed by atoms with Gasteiger partial charge in [-0.3, -0.25) is 4.90 Å². The van der Waals surface area contributed by atoms with Crippen molar-refractivity contribution in [3.8, 4) is 16.1 Å².